The van der Waals surface area contributed by atoms with Gasteiger partial charge in [0, 0.05) is 31.7 Å². The van der Waals surface area contributed by atoms with Crippen molar-refractivity contribution in [2.24, 2.45) is 11.7 Å². The fraction of sp³-hybridized carbons (Fsp3) is 0.308. The molecule has 11 nitrogen and oxygen atoms in total. The predicted molar refractivity (Wildman–Crippen MR) is 137 cm³/mol. The van der Waals surface area contributed by atoms with Gasteiger partial charge in [-0.3, -0.25) is 14.3 Å². The number of nitrogen functional groups attached to an aromatic ring is 1. The number of nitrogens with one attached hydrogen (secondary N) is 1. The molecule has 0 bridgehead atoms. The first-order valence-corrected chi connectivity index (χ1v) is 11.9. The molecule has 0 aliphatic carbocycles. The highest BCUT2D eigenvalue weighted by molar-refractivity contribution is 6.03. The van der Waals surface area contributed by atoms with E-state index in [1.165, 1.54) is 12.0 Å². The van der Waals surface area contributed by atoms with E-state index in [4.69, 9.17) is 16.2 Å². The van der Waals surface area contributed by atoms with Crippen LogP contribution in [0.2, 0.25) is 0 Å². The molecule has 3 aromatic rings. The first-order valence-electron chi connectivity index (χ1n) is 11.9. The Kier molecular flexibility index (Phi) is 7.61. The SMILES string of the molecule is COc1ccccc1C(=O)NCc1ccc(-c2c(C(N)=O)c(N)nn2C[C@@H]2CCCN(C(=O)O)C2)cc1. The molecule has 6 N–H and O–H groups in total. The number of para-hydroxylation sites is 1. The summed E-state index contributed by atoms with van der Waals surface area (Å²) in [5.41, 5.74) is 14.3. The third-order valence-corrected chi connectivity index (χ3v) is 6.48. The molecule has 4 rings (SSSR count). The van der Waals surface area contributed by atoms with Crippen molar-refractivity contribution in [2.75, 3.05) is 25.9 Å². The molecule has 2 aromatic carbocycles. The first-order chi connectivity index (χ1) is 17.8. The van der Waals surface area contributed by atoms with Crippen LogP contribution in [-0.4, -0.2) is 57.9 Å². The molecule has 2 heterocycles. The highest BCUT2D eigenvalue weighted by atomic mass is 16.5. The van der Waals surface area contributed by atoms with Crippen molar-refractivity contribution in [3.63, 3.8) is 0 Å². The average molecular weight is 507 g/mol. The van der Waals surface area contributed by atoms with E-state index in [0.717, 1.165) is 18.4 Å². The molecule has 0 radical (unpaired) electrons. The minimum Gasteiger partial charge on any atom is -0.496 e. The molecule has 1 saturated heterocycles. The largest absolute Gasteiger partial charge is 0.496 e. The number of likely N-dealkylation sites (tertiary alicyclic amines) is 1. The van der Waals surface area contributed by atoms with Crippen molar-refractivity contribution in [1.29, 1.82) is 0 Å². The van der Waals surface area contributed by atoms with Crippen molar-refractivity contribution < 1.29 is 24.2 Å². The van der Waals surface area contributed by atoms with Gasteiger partial charge in [-0.2, -0.15) is 5.10 Å². The van der Waals surface area contributed by atoms with Gasteiger partial charge in [0.05, 0.1) is 18.4 Å². The highest BCUT2D eigenvalue weighted by Gasteiger charge is 2.27. The molecule has 1 aromatic heterocycles. The summed E-state index contributed by atoms with van der Waals surface area (Å²) in [4.78, 5) is 37.6. The van der Waals surface area contributed by atoms with E-state index in [0.29, 0.717) is 42.2 Å². The summed E-state index contributed by atoms with van der Waals surface area (Å²) in [5, 5.41) is 16.6. The molecule has 1 atom stereocenters. The Morgan fingerprint density at radius 1 is 1.16 bits per heavy atom. The summed E-state index contributed by atoms with van der Waals surface area (Å²) < 4.78 is 6.89. The van der Waals surface area contributed by atoms with Crippen molar-refractivity contribution in [2.45, 2.75) is 25.9 Å². The average Bonchev–Trinajstić information content (AvgIpc) is 3.23. The molecular formula is C26H30N6O5. The summed E-state index contributed by atoms with van der Waals surface area (Å²) in [6.07, 6.45) is 0.636. The van der Waals surface area contributed by atoms with Crippen LogP contribution in [0.5, 0.6) is 5.75 Å². The number of rotatable bonds is 8. The van der Waals surface area contributed by atoms with Gasteiger partial charge in [-0.1, -0.05) is 36.4 Å². The fourth-order valence-corrected chi connectivity index (χ4v) is 4.67. The number of carboxylic acid groups (broad SMARTS) is 1. The van der Waals surface area contributed by atoms with Gasteiger partial charge in [0.2, 0.25) is 0 Å². The number of amides is 3. The van der Waals surface area contributed by atoms with E-state index in [9.17, 15) is 19.5 Å². The first kappa shape index (κ1) is 25.5. The van der Waals surface area contributed by atoms with Crippen LogP contribution in [0.3, 0.4) is 0 Å². The third-order valence-electron chi connectivity index (χ3n) is 6.48. The maximum absolute atomic E-state index is 12.6. The van der Waals surface area contributed by atoms with Crippen LogP contribution in [0.1, 0.15) is 39.1 Å². The van der Waals surface area contributed by atoms with Crippen molar-refractivity contribution in [3.8, 4) is 17.0 Å². The van der Waals surface area contributed by atoms with Gasteiger partial charge in [-0.05, 0) is 36.5 Å². The van der Waals surface area contributed by atoms with Crippen LogP contribution in [-0.2, 0) is 13.1 Å². The minimum absolute atomic E-state index is 0.0214. The highest BCUT2D eigenvalue weighted by Crippen LogP contribution is 2.30. The Bertz CT molecular complexity index is 1300. The molecule has 0 unspecified atom stereocenters. The lowest BCUT2D eigenvalue weighted by atomic mass is 9.97. The van der Waals surface area contributed by atoms with E-state index in [-0.39, 0.29) is 29.8 Å². The second kappa shape index (κ2) is 11.0. The lowest BCUT2D eigenvalue weighted by Gasteiger charge is -2.31. The molecule has 0 saturated carbocycles. The lowest BCUT2D eigenvalue weighted by Crippen LogP contribution is -2.40. The number of ether oxygens (including phenoxy) is 1. The van der Waals surface area contributed by atoms with Gasteiger partial charge >= 0.3 is 6.09 Å². The maximum atomic E-state index is 12.6. The zero-order valence-electron chi connectivity index (χ0n) is 20.5. The van der Waals surface area contributed by atoms with Crippen LogP contribution >= 0.6 is 0 Å². The summed E-state index contributed by atoms with van der Waals surface area (Å²) in [5.74, 6) is -0.409. The topological polar surface area (TPSA) is 166 Å². The number of methoxy groups -OCH3 is 1. The Balaban J connectivity index is 1.53. The van der Waals surface area contributed by atoms with Crippen molar-refractivity contribution in [3.05, 3.63) is 65.2 Å². The van der Waals surface area contributed by atoms with Gasteiger partial charge in [-0.15, -0.1) is 0 Å². The Morgan fingerprint density at radius 3 is 2.57 bits per heavy atom. The quantitative estimate of drug-likeness (QED) is 0.364. The third kappa shape index (κ3) is 5.66. The van der Waals surface area contributed by atoms with Crippen LogP contribution in [0.4, 0.5) is 10.6 Å². The van der Waals surface area contributed by atoms with E-state index in [1.54, 1.807) is 28.9 Å². The molecule has 1 aliphatic heterocycles. The van der Waals surface area contributed by atoms with E-state index < -0.39 is 12.0 Å². The zero-order chi connectivity index (χ0) is 26.5. The number of carbonyl (C=O) groups excluding carboxylic acids is 2. The van der Waals surface area contributed by atoms with Crippen molar-refractivity contribution in [1.82, 2.24) is 20.0 Å². The Labute approximate surface area is 214 Å². The molecule has 1 fully saturated rings. The zero-order valence-corrected chi connectivity index (χ0v) is 20.5. The van der Waals surface area contributed by atoms with Gasteiger partial charge in [0.25, 0.3) is 11.8 Å². The molecule has 1 aliphatic rings. The summed E-state index contributed by atoms with van der Waals surface area (Å²) in [7, 11) is 1.51. The van der Waals surface area contributed by atoms with Crippen LogP contribution in [0.15, 0.2) is 48.5 Å². The number of piperidine rings is 1. The number of nitrogens with zero attached hydrogens (tertiary/aromatic N) is 3. The summed E-state index contributed by atoms with van der Waals surface area (Å²) >= 11 is 0. The smallest absolute Gasteiger partial charge is 0.407 e. The number of hydrogen-bond donors (Lipinski definition) is 4. The minimum atomic E-state index is -0.948. The molecule has 194 valence electrons. The Hall–Kier alpha value is -4.54. The standard InChI is InChI=1S/C26H30N6O5/c1-37-20-7-3-2-6-19(20)25(34)29-13-16-8-10-18(11-9-16)22-21(24(28)33)23(27)30-32(22)15-17-5-4-12-31(14-17)26(35)36/h2-3,6-11,17H,4-5,12-15H2,1H3,(H2,27,30)(H2,28,33)(H,29,34)(H,35,36)/t17-/m1/s1. The number of hydrogen-bond acceptors (Lipinski definition) is 6. The molecule has 0 spiro atoms. The van der Waals surface area contributed by atoms with Crippen LogP contribution in [0.25, 0.3) is 11.3 Å². The number of nitrogens with two attached hydrogens (primary N) is 2. The monoisotopic (exact) mass is 506 g/mol. The van der Waals surface area contributed by atoms with Gasteiger partial charge < -0.3 is 31.5 Å². The number of primary amides is 1. The molecule has 37 heavy (non-hydrogen) atoms. The number of carbonyl (C=O) groups is 3. The van der Waals surface area contributed by atoms with Crippen LogP contribution < -0.4 is 21.5 Å². The number of benzene rings is 2. The van der Waals surface area contributed by atoms with E-state index in [2.05, 4.69) is 10.4 Å². The maximum Gasteiger partial charge on any atom is 0.407 e. The van der Waals surface area contributed by atoms with Gasteiger partial charge in [-0.25, -0.2) is 4.79 Å². The van der Waals surface area contributed by atoms with Gasteiger partial charge in [0.15, 0.2) is 5.82 Å². The number of anilines is 1. The lowest BCUT2D eigenvalue weighted by molar-refractivity contribution is 0.0946. The fourth-order valence-electron chi connectivity index (χ4n) is 4.67. The van der Waals surface area contributed by atoms with E-state index in [1.807, 2.05) is 24.3 Å². The summed E-state index contributed by atoms with van der Waals surface area (Å²) in [6, 6.07) is 14.3. The normalized spacial score (nSPS) is 15.3. The molecule has 11 heteroatoms. The molecule has 3 amide bonds. The summed E-state index contributed by atoms with van der Waals surface area (Å²) in [6.45, 7) is 1.56. The van der Waals surface area contributed by atoms with Crippen LogP contribution in [0, 0.1) is 5.92 Å². The second-order valence-corrected chi connectivity index (χ2v) is 8.97. The molecular weight excluding hydrogens is 476 g/mol. The predicted octanol–water partition coefficient (Wildman–Crippen LogP) is 2.56. The second-order valence-electron chi connectivity index (χ2n) is 8.97. The Morgan fingerprint density at radius 2 is 1.89 bits per heavy atom. The van der Waals surface area contributed by atoms with E-state index >= 15 is 0 Å². The number of aromatic nitrogens is 2. The van der Waals surface area contributed by atoms with Gasteiger partial charge in [0.1, 0.15) is 11.3 Å². The van der Waals surface area contributed by atoms with Crippen molar-refractivity contribution >= 4 is 23.7 Å².